The molecule has 4 heterocycles. The highest BCUT2D eigenvalue weighted by Crippen LogP contribution is 2.50. The fourth-order valence-electron chi connectivity index (χ4n) is 5.20. The van der Waals surface area contributed by atoms with Crippen LogP contribution in [0.3, 0.4) is 0 Å². The lowest BCUT2D eigenvalue weighted by atomic mass is 9.73. The molecule has 1 spiro atoms. The van der Waals surface area contributed by atoms with E-state index in [-0.39, 0.29) is 42.1 Å². The molecule has 6 N–H and O–H groups in total. The minimum atomic E-state index is 0. The number of anilines is 4. The van der Waals surface area contributed by atoms with E-state index in [1.807, 2.05) is 0 Å². The number of nitrogens with zero attached hydrogens (tertiary/aromatic N) is 5. The van der Waals surface area contributed by atoms with Crippen molar-refractivity contribution in [1.82, 2.24) is 25.1 Å². The number of hydrogen-bond donors (Lipinski definition) is 4. The molecule has 1 aliphatic carbocycles. The normalized spacial score (nSPS) is 18.1. The van der Waals surface area contributed by atoms with Crippen LogP contribution in [-0.4, -0.2) is 38.2 Å². The maximum absolute atomic E-state index is 6.71. The molecular formula is C23H26Cl3N9. The first-order valence-corrected chi connectivity index (χ1v) is 11.4. The fourth-order valence-corrected chi connectivity index (χ4v) is 5.36. The second kappa shape index (κ2) is 9.66. The highest BCUT2D eigenvalue weighted by molar-refractivity contribution is 6.35. The zero-order valence-corrected chi connectivity index (χ0v) is 21.1. The Labute approximate surface area is 219 Å². The summed E-state index contributed by atoms with van der Waals surface area (Å²) in [6, 6.07) is 10.4. The van der Waals surface area contributed by atoms with Crippen LogP contribution in [0.4, 0.5) is 23.1 Å². The molecule has 1 fully saturated rings. The van der Waals surface area contributed by atoms with E-state index in [2.05, 4.69) is 54.6 Å². The second-order valence-electron chi connectivity index (χ2n) is 8.88. The van der Waals surface area contributed by atoms with Gasteiger partial charge in [0.05, 0.1) is 11.9 Å². The quantitative estimate of drug-likeness (QED) is 0.303. The first-order chi connectivity index (χ1) is 16.0. The molecule has 0 saturated carbocycles. The Bertz CT molecular complexity index is 1350. The molecule has 1 aliphatic heterocycles. The zero-order valence-electron chi connectivity index (χ0n) is 18.7. The van der Waals surface area contributed by atoms with Gasteiger partial charge in [-0.15, -0.1) is 24.8 Å². The van der Waals surface area contributed by atoms with E-state index < -0.39 is 0 Å². The lowest BCUT2D eigenvalue weighted by Gasteiger charge is -2.42. The summed E-state index contributed by atoms with van der Waals surface area (Å²) in [4.78, 5) is 15.6. The molecule has 1 unspecified atom stereocenters. The van der Waals surface area contributed by atoms with Crippen LogP contribution >= 0.6 is 36.4 Å². The van der Waals surface area contributed by atoms with Crippen molar-refractivity contribution in [2.75, 3.05) is 29.0 Å². The van der Waals surface area contributed by atoms with Crippen LogP contribution in [0, 0.1) is 5.41 Å². The van der Waals surface area contributed by atoms with Crippen molar-refractivity contribution in [2.45, 2.75) is 25.3 Å². The molecule has 0 bridgehead atoms. The number of aromatic amines is 1. The number of piperidine rings is 1. The van der Waals surface area contributed by atoms with E-state index >= 15 is 0 Å². The summed E-state index contributed by atoms with van der Waals surface area (Å²) in [6.45, 7) is 1.78. The molecule has 1 atom stereocenters. The fraction of sp³-hybridized carbons (Fsp3) is 0.304. The molecule has 0 radical (unpaired) electrons. The number of nitrogen functional groups attached to an aromatic ring is 1. The molecule has 4 aromatic rings. The molecular weight excluding hydrogens is 509 g/mol. The van der Waals surface area contributed by atoms with Gasteiger partial charge in [-0.3, -0.25) is 5.10 Å². The lowest BCUT2D eigenvalue weighted by Crippen LogP contribution is -2.44. The number of fused-ring (bicyclic) bond motifs is 2. The minimum absolute atomic E-state index is 0. The molecule has 2 aliphatic rings. The lowest BCUT2D eigenvalue weighted by molar-refractivity contribution is 0.187. The van der Waals surface area contributed by atoms with Crippen LogP contribution in [0.1, 0.15) is 30.0 Å². The zero-order chi connectivity index (χ0) is 22.6. The van der Waals surface area contributed by atoms with Gasteiger partial charge in [0.15, 0.2) is 11.3 Å². The van der Waals surface area contributed by atoms with Crippen LogP contribution in [0.25, 0.3) is 11.2 Å². The molecule has 9 nitrogen and oxygen atoms in total. The Hall–Kier alpha value is -2.85. The Balaban J connectivity index is 0.00000144. The van der Waals surface area contributed by atoms with Gasteiger partial charge in [-0.05, 0) is 41.9 Å². The van der Waals surface area contributed by atoms with Gasteiger partial charge in [-0.25, -0.2) is 15.0 Å². The predicted molar refractivity (Wildman–Crippen MR) is 144 cm³/mol. The van der Waals surface area contributed by atoms with E-state index in [1.165, 1.54) is 11.1 Å². The Morgan fingerprint density at radius 2 is 1.89 bits per heavy atom. The summed E-state index contributed by atoms with van der Waals surface area (Å²) in [7, 11) is 0. The number of benzene rings is 1. The van der Waals surface area contributed by atoms with Gasteiger partial charge in [0.1, 0.15) is 16.7 Å². The van der Waals surface area contributed by atoms with Crippen LogP contribution in [0.2, 0.25) is 5.02 Å². The first-order valence-electron chi connectivity index (χ1n) is 11.0. The largest absolute Gasteiger partial charge is 0.382 e. The maximum Gasteiger partial charge on any atom is 0.203 e. The van der Waals surface area contributed by atoms with Crippen LogP contribution < -0.4 is 21.7 Å². The second-order valence-corrected chi connectivity index (χ2v) is 9.26. The molecule has 1 saturated heterocycles. The minimum Gasteiger partial charge on any atom is -0.382 e. The third-order valence-electron chi connectivity index (χ3n) is 7.10. The number of aromatic nitrogens is 5. The highest BCUT2D eigenvalue weighted by Gasteiger charge is 2.45. The topological polar surface area (TPSA) is 135 Å². The van der Waals surface area contributed by atoms with E-state index in [4.69, 9.17) is 28.1 Å². The van der Waals surface area contributed by atoms with Gasteiger partial charge in [0, 0.05) is 25.3 Å². The predicted octanol–water partition coefficient (Wildman–Crippen LogP) is 4.41. The van der Waals surface area contributed by atoms with E-state index in [1.54, 1.807) is 18.5 Å². The SMILES string of the molecule is Cl.Cl.Nc1nccc(Nc2[nH]nc3nc(N4CCC5(CC4)Cc4ccccc4C5N)cnc23)c1Cl. The van der Waals surface area contributed by atoms with Crippen molar-refractivity contribution < 1.29 is 0 Å². The molecule has 0 amide bonds. The number of H-pyrrole nitrogens is 1. The Kier molecular flexibility index (Phi) is 6.97. The Morgan fingerprint density at radius 3 is 2.66 bits per heavy atom. The molecule has 35 heavy (non-hydrogen) atoms. The van der Waals surface area contributed by atoms with E-state index in [9.17, 15) is 0 Å². The van der Waals surface area contributed by atoms with Crippen LogP contribution in [0.5, 0.6) is 0 Å². The summed E-state index contributed by atoms with van der Waals surface area (Å²) >= 11 is 6.24. The average Bonchev–Trinajstić information content (AvgIpc) is 3.36. The molecule has 12 heteroatoms. The number of halogens is 3. The maximum atomic E-state index is 6.71. The van der Waals surface area contributed by atoms with Crippen LogP contribution in [-0.2, 0) is 6.42 Å². The van der Waals surface area contributed by atoms with E-state index in [0.29, 0.717) is 27.7 Å². The highest BCUT2D eigenvalue weighted by atomic mass is 35.5. The van der Waals surface area contributed by atoms with Gasteiger partial charge in [0.2, 0.25) is 5.65 Å². The van der Waals surface area contributed by atoms with Crippen molar-refractivity contribution >= 4 is 70.7 Å². The van der Waals surface area contributed by atoms with Crippen molar-refractivity contribution in [1.29, 1.82) is 0 Å². The standard InChI is InChI=1S/C23H24ClN9.2ClH/c24-17-15(5-8-27-20(17)26)29-21-18-22(32-31-21)30-16(12-28-18)33-9-6-23(7-10-33)11-13-3-1-2-4-14(13)19(23)25;;/h1-5,8,12,19H,6-7,9-11,25H2,(H4,26,27,29,30,31,32);2*1H. The van der Waals surface area contributed by atoms with Crippen LogP contribution in [0.15, 0.2) is 42.7 Å². The summed E-state index contributed by atoms with van der Waals surface area (Å²) in [5.41, 5.74) is 17.1. The van der Waals surface area contributed by atoms with Gasteiger partial charge in [-0.2, -0.15) is 5.10 Å². The summed E-state index contributed by atoms with van der Waals surface area (Å²) < 4.78 is 0. The molecule has 184 valence electrons. The third-order valence-corrected chi connectivity index (χ3v) is 7.50. The summed E-state index contributed by atoms with van der Waals surface area (Å²) in [5, 5.41) is 10.8. The molecule has 6 rings (SSSR count). The van der Waals surface area contributed by atoms with Gasteiger partial charge in [0.25, 0.3) is 0 Å². The average molecular weight is 535 g/mol. The summed E-state index contributed by atoms with van der Waals surface area (Å²) in [5.74, 6) is 1.68. The number of hydrogen-bond acceptors (Lipinski definition) is 8. The van der Waals surface area contributed by atoms with Crippen molar-refractivity contribution in [3.63, 3.8) is 0 Å². The number of nitrogens with two attached hydrogens (primary N) is 2. The molecule has 3 aromatic heterocycles. The van der Waals surface area contributed by atoms with E-state index in [0.717, 1.165) is 38.2 Å². The summed E-state index contributed by atoms with van der Waals surface area (Å²) in [6.07, 6.45) is 6.49. The first kappa shape index (κ1) is 25.2. The van der Waals surface area contributed by atoms with Crippen molar-refractivity contribution in [3.8, 4) is 0 Å². The van der Waals surface area contributed by atoms with Gasteiger partial charge >= 0.3 is 0 Å². The monoisotopic (exact) mass is 533 g/mol. The Morgan fingerprint density at radius 1 is 1.11 bits per heavy atom. The number of pyridine rings is 1. The smallest absolute Gasteiger partial charge is 0.203 e. The third kappa shape index (κ3) is 4.23. The number of nitrogens with one attached hydrogen (secondary N) is 2. The van der Waals surface area contributed by atoms with Crippen molar-refractivity contribution in [3.05, 3.63) is 58.9 Å². The van der Waals surface area contributed by atoms with Gasteiger partial charge in [-0.1, -0.05) is 35.9 Å². The van der Waals surface area contributed by atoms with Gasteiger partial charge < -0.3 is 21.7 Å². The van der Waals surface area contributed by atoms with Crippen molar-refractivity contribution in [2.24, 2.45) is 11.1 Å². The number of rotatable bonds is 3. The molecule has 1 aromatic carbocycles.